The molecule has 3 nitrogen and oxygen atoms in total. The first-order chi connectivity index (χ1) is 23.3. The molecule has 1 aromatic heterocycles. The molecule has 0 N–H and O–H groups in total. The molecule has 220 valence electrons. The minimum atomic E-state index is 0.0235. The highest BCUT2D eigenvalue weighted by Crippen LogP contribution is 2.43. The molecule has 0 amide bonds. The predicted molar refractivity (Wildman–Crippen MR) is 197 cm³/mol. The van der Waals surface area contributed by atoms with E-state index in [-0.39, 0.29) is 6.71 Å². The van der Waals surface area contributed by atoms with Gasteiger partial charge in [0.25, 0.3) is 6.71 Å². The van der Waals surface area contributed by atoms with Crippen molar-refractivity contribution in [1.29, 1.82) is 0 Å². The molecule has 0 atom stereocenters. The monoisotopic (exact) mass is 619 g/mol. The maximum Gasteiger partial charge on any atom is 0.260 e. The molecule has 0 saturated heterocycles. The van der Waals surface area contributed by atoms with Gasteiger partial charge in [-0.2, -0.15) is 0 Å². The second kappa shape index (κ2) is 10.4. The minimum absolute atomic E-state index is 0.0235. The van der Waals surface area contributed by atoms with Crippen molar-refractivity contribution in [1.82, 2.24) is 0 Å². The topological polar surface area (TPSA) is 21.7 Å². The third-order valence-electron chi connectivity index (χ3n) is 9.37. The molecule has 47 heavy (non-hydrogen) atoms. The fourth-order valence-corrected chi connectivity index (χ4v) is 8.40. The van der Waals surface area contributed by atoms with E-state index in [1.54, 1.807) is 0 Å². The van der Waals surface area contributed by atoms with Gasteiger partial charge in [-0.3, -0.25) is 0 Å². The molecule has 0 aliphatic carbocycles. The van der Waals surface area contributed by atoms with Gasteiger partial charge in [-0.05, 0) is 88.8 Å². The first kappa shape index (κ1) is 26.4. The Kier molecular flexibility index (Phi) is 5.84. The van der Waals surface area contributed by atoms with Crippen LogP contribution in [0.15, 0.2) is 158 Å². The molecule has 7 aromatic carbocycles. The molecule has 10 rings (SSSR count). The Morgan fingerprint density at radius 1 is 0.426 bits per heavy atom. The van der Waals surface area contributed by atoms with Gasteiger partial charge in [0.2, 0.25) is 0 Å². The summed E-state index contributed by atoms with van der Waals surface area (Å²) in [6.45, 7) is 0.0235. The highest BCUT2D eigenvalue weighted by molar-refractivity contribution is 7.26. The zero-order valence-corrected chi connectivity index (χ0v) is 26.1. The fraction of sp³-hybridized carbons (Fsp3) is 0. The van der Waals surface area contributed by atoms with E-state index in [0.29, 0.717) is 0 Å². The van der Waals surface area contributed by atoms with Crippen molar-refractivity contribution in [2.75, 3.05) is 4.90 Å². The predicted octanol–water partition coefficient (Wildman–Crippen LogP) is 9.92. The Balaban J connectivity index is 1.12. The Bertz CT molecular complexity index is 2440. The summed E-state index contributed by atoms with van der Waals surface area (Å²) < 4.78 is 15.7. The summed E-state index contributed by atoms with van der Waals surface area (Å²) in [7, 11) is 0. The summed E-state index contributed by atoms with van der Waals surface area (Å²) >= 11 is 1.84. The van der Waals surface area contributed by atoms with Gasteiger partial charge in [0.15, 0.2) is 0 Å². The second-order valence-corrected chi connectivity index (χ2v) is 13.2. The number of rotatable bonds is 4. The number of thiophene rings is 1. The van der Waals surface area contributed by atoms with Crippen molar-refractivity contribution in [3.05, 3.63) is 158 Å². The van der Waals surface area contributed by atoms with Crippen LogP contribution in [0, 0.1) is 0 Å². The third kappa shape index (κ3) is 4.21. The molecule has 3 heterocycles. The van der Waals surface area contributed by atoms with Crippen molar-refractivity contribution in [2.24, 2.45) is 0 Å². The number of ether oxygens (including phenoxy) is 2. The molecule has 2 aliphatic heterocycles. The van der Waals surface area contributed by atoms with Gasteiger partial charge in [-0.1, -0.05) is 91.0 Å². The van der Waals surface area contributed by atoms with Gasteiger partial charge < -0.3 is 14.4 Å². The number of hydrogen-bond acceptors (Lipinski definition) is 4. The summed E-state index contributed by atoms with van der Waals surface area (Å²) in [4.78, 5) is 2.32. The molecule has 5 heteroatoms. The van der Waals surface area contributed by atoms with Gasteiger partial charge in [0.1, 0.15) is 23.0 Å². The quantitative estimate of drug-likeness (QED) is 0.183. The number of hydrogen-bond donors (Lipinski definition) is 0. The van der Waals surface area contributed by atoms with E-state index in [9.17, 15) is 0 Å². The van der Waals surface area contributed by atoms with E-state index in [2.05, 4.69) is 150 Å². The van der Waals surface area contributed by atoms with E-state index in [0.717, 1.165) is 51.1 Å². The van der Waals surface area contributed by atoms with Crippen LogP contribution in [0.25, 0.3) is 31.3 Å². The van der Waals surface area contributed by atoms with Crippen molar-refractivity contribution in [3.63, 3.8) is 0 Å². The van der Waals surface area contributed by atoms with Crippen LogP contribution < -0.4 is 30.8 Å². The second-order valence-electron chi connectivity index (χ2n) is 12.1. The number of para-hydroxylation sites is 2. The van der Waals surface area contributed by atoms with Gasteiger partial charge in [-0.15, -0.1) is 11.3 Å². The largest absolute Gasteiger partial charge is 0.458 e. The normalized spacial score (nSPS) is 12.6. The van der Waals surface area contributed by atoms with Crippen LogP contribution in [0.5, 0.6) is 23.0 Å². The Hall–Kier alpha value is -5.78. The van der Waals surface area contributed by atoms with Crippen LogP contribution in [0.3, 0.4) is 0 Å². The lowest BCUT2D eigenvalue weighted by atomic mass is 9.35. The maximum absolute atomic E-state index is 6.65. The molecule has 0 fully saturated rings. The van der Waals surface area contributed by atoms with Gasteiger partial charge in [-0.25, -0.2) is 0 Å². The highest BCUT2D eigenvalue weighted by Gasteiger charge is 2.40. The van der Waals surface area contributed by atoms with Crippen molar-refractivity contribution >= 4 is 71.7 Å². The van der Waals surface area contributed by atoms with Crippen LogP contribution in [0.4, 0.5) is 17.1 Å². The number of benzene rings is 7. The van der Waals surface area contributed by atoms with E-state index in [1.807, 2.05) is 23.5 Å². The van der Waals surface area contributed by atoms with Crippen LogP contribution >= 0.6 is 11.3 Å². The van der Waals surface area contributed by atoms with Crippen LogP contribution in [-0.2, 0) is 0 Å². The van der Waals surface area contributed by atoms with Gasteiger partial charge >= 0.3 is 0 Å². The first-order valence-corrected chi connectivity index (χ1v) is 16.7. The summed E-state index contributed by atoms with van der Waals surface area (Å²) in [5.41, 5.74) is 9.16. The third-order valence-corrected chi connectivity index (χ3v) is 10.5. The molecule has 0 unspecified atom stereocenters. The Morgan fingerprint density at radius 2 is 1.06 bits per heavy atom. The summed E-state index contributed by atoms with van der Waals surface area (Å²) in [5.74, 6) is 3.53. The van der Waals surface area contributed by atoms with E-state index in [4.69, 9.17) is 9.47 Å². The molecule has 8 aromatic rings. The summed E-state index contributed by atoms with van der Waals surface area (Å²) in [6, 6.07) is 55.8. The Labute approximate surface area is 277 Å². The maximum atomic E-state index is 6.65. The van der Waals surface area contributed by atoms with Gasteiger partial charge in [0, 0.05) is 42.7 Å². The lowest BCUT2D eigenvalue weighted by Gasteiger charge is -2.33. The minimum Gasteiger partial charge on any atom is -0.458 e. The molecule has 0 saturated carbocycles. The number of anilines is 3. The smallest absolute Gasteiger partial charge is 0.260 e. The van der Waals surface area contributed by atoms with Crippen molar-refractivity contribution in [2.45, 2.75) is 0 Å². The zero-order valence-electron chi connectivity index (χ0n) is 25.3. The van der Waals surface area contributed by atoms with Crippen LogP contribution in [0.1, 0.15) is 0 Å². The van der Waals surface area contributed by atoms with Crippen molar-refractivity contribution in [3.8, 4) is 34.1 Å². The molecular weight excluding hydrogens is 593 g/mol. The number of fused-ring (bicyclic) bond motifs is 7. The highest BCUT2D eigenvalue weighted by atomic mass is 32.1. The lowest BCUT2D eigenvalue weighted by molar-refractivity contribution is 0.465. The molecular formula is C42H26BNO2S. The van der Waals surface area contributed by atoms with Crippen molar-refractivity contribution < 1.29 is 9.47 Å². The zero-order chi connectivity index (χ0) is 30.9. The first-order valence-electron chi connectivity index (χ1n) is 15.9. The average Bonchev–Trinajstić information content (AvgIpc) is 3.48. The molecule has 0 radical (unpaired) electrons. The molecule has 0 spiro atoms. The van der Waals surface area contributed by atoms with Crippen LogP contribution in [0.2, 0.25) is 0 Å². The standard InChI is InChI=1S/C42H26BNO2S/c1-4-11-27(12-5-1)28-19-22-34-38(23-28)45-36-17-10-18-37-42(36)43(34)35-26-41-33(25-39(35)46-37)32-21-20-31(24-40(32)47-41)44(29-13-6-2-7-14-29)30-15-8-3-9-16-30/h1-26H. The van der Waals surface area contributed by atoms with Gasteiger partial charge in [0.05, 0.1) is 0 Å². The van der Waals surface area contributed by atoms with Crippen LogP contribution in [-0.4, -0.2) is 6.71 Å². The van der Waals surface area contributed by atoms with E-state index in [1.165, 1.54) is 36.7 Å². The number of nitrogens with zero attached hydrogens (tertiary/aromatic N) is 1. The fourth-order valence-electron chi connectivity index (χ4n) is 7.23. The summed E-state index contributed by atoms with van der Waals surface area (Å²) in [6.07, 6.45) is 0. The average molecular weight is 620 g/mol. The molecule has 0 bridgehead atoms. The molecule has 2 aliphatic rings. The lowest BCUT2D eigenvalue weighted by Crippen LogP contribution is -2.57. The Morgan fingerprint density at radius 3 is 1.77 bits per heavy atom. The van der Waals surface area contributed by atoms with E-state index < -0.39 is 0 Å². The van der Waals surface area contributed by atoms with E-state index >= 15 is 0 Å². The SMILES string of the molecule is c1ccc(-c2ccc3c(c2)Oc2cccc4c2B3c2cc3sc5cc(N(c6ccccc6)c6ccccc6)ccc5c3cc2O4)cc1. The summed E-state index contributed by atoms with van der Waals surface area (Å²) in [5, 5.41) is 2.45.